The van der Waals surface area contributed by atoms with E-state index in [-0.39, 0.29) is 5.97 Å². The number of carbonyl (C=O) groups excluding carboxylic acids is 1. The van der Waals surface area contributed by atoms with E-state index in [1.807, 2.05) is 19.2 Å². The van der Waals surface area contributed by atoms with Gasteiger partial charge in [-0.15, -0.1) is 0 Å². The summed E-state index contributed by atoms with van der Waals surface area (Å²) in [6.45, 7) is 4.05. The van der Waals surface area contributed by atoms with Gasteiger partial charge in [0, 0.05) is 18.8 Å². The molecule has 1 aromatic rings. The molecule has 4 heteroatoms. The number of rotatable bonds is 8. The monoisotopic (exact) mass is 236 g/mol. The Morgan fingerprint density at radius 2 is 2.35 bits per heavy atom. The number of hydrogen-bond acceptors (Lipinski definition) is 4. The van der Waals surface area contributed by atoms with Crippen LogP contribution in [0.3, 0.4) is 0 Å². The summed E-state index contributed by atoms with van der Waals surface area (Å²) in [5.41, 5.74) is 1.23. The van der Waals surface area contributed by atoms with Crippen molar-refractivity contribution in [1.82, 2.24) is 10.3 Å². The minimum Gasteiger partial charge on any atom is -0.466 e. The van der Waals surface area contributed by atoms with Gasteiger partial charge in [0.25, 0.3) is 0 Å². The average Bonchev–Trinajstić information content (AvgIpc) is 2.35. The molecule has 0 radical (unpaired) electrons. The first-order valence-corrected chi connectivity index (χ1v) is 6.08. The lowest BCUT2D eigenvalue weighted by Gasteiger charge is -2.04. The van der Waals surface area contributed by atoms with Gasteiger partial charge in [0.15, 0.2) is 0 Å². The van der Waals surface area contributed by atoms with E-state index in [1.165, 1.54) is 5.56 Å². The molecule has 0 saturated heterocycles. The lowest BCUT2D eigenvalue weighted by Crippen LogP contribution is -2.19. The molecular weight excluding hydrogens is 216 g/mol. The van der Waals surface area contributed by atoms with Gasteiger partial charge < -0.3 is 10.1 Å². The third-order valence-corrected chi connectivity index (χ3v) is 2.35. The topological polar surface area (TPSA) is 51.2 Å². The molecule has 0 bridgehead atoms. The largest absolute Gasteiger partial charge is 0.466 e. The Hall–Kier alpha value is -1.42. The number of nitrogens with one attached hydrogen (secondary N) is 1. The number of carbonyl (C=O) groups is 1. The molecular formula is C13H20N2O2. The normalized spacial score (nSPS) is 10.2. The molecule has 0 aromatic carbocycles. The van der Waals surface area contributed by atoms with Crippen LogP contribution in [-0.2, 0) is 16.0 Å². The van der Waals surface area contributed by atoms with Crippen molar-refractivity contribution >= 4 is 5.97 Å². The standard InChI is InChI=1S/C13H20N2O2/c1-2-17-13(16)6-4-8-14-10-7-12-5-3-9-15-11-12/h3,5,9,11,14H,2,4,6-8,10H2,1H3. The number of nitrogens with zero attached hydrogens (tertiary/aromatic N) is 1. The molecule has 0 amide bonds. The fourth-order valence-corrected chi connectivity index (χ4v) is 1.49. The van der Waals surface area contributed by atoms with E-state index in [0.717, 1.165) is 25.9 Å². The van der Waals surface area contributed by atoms with Crippen LogP contribution in [0.2, 0.25) is 0 Å². The van der Waals surface area contributed by atoms with Crippen LogP contribution in [0.15, 0.2) is 24.5 Å². The van der Waals surface area contributed by atoms with Crippen molar-refractivity contribution in [2.45, 2.75) is 26.2 Å². The Balaban J connectivity index is 1.96. The van der Waals surface area contributed by atoms with Gasteiger partial charge in [0.05, 0.1) is 6.61 Å². The molecule has 1 N–H and O–H groups in total. The maximum atomic E-state index is 11.0. The number of aromatic nitrogens is 1. The van der Waals surface area contributed by atoms with Gasteiger partial charge in [-0.3, -0.25) is 9.78 Å². The summed E-state index contributed by atoms with van der Waals surface area (Å²) in [5, 5.41) is 3.30. The van der Waals surface area contributed by atoms with Crippen LogP contribution in [0.1, 0.15) is 25.3 Å². The summed E-state index contributed by atoms with van der Waals surface area (Å²) >= 11 is 0. The Kier molecular flexibility index (Phi) is 6.98. The lowest BCUT2D eigenvalue weighted by molar-refractivity contribution is -0.143. The molecule has 17 heavy (non-hydrogen) atoms. The molecule has 4 nitrogen and oxygen atoms in total. The first kappa shape index (κ1) is 13.6. The van der Waals surface area contributed by atoms with Crippen LogP contribution in [0.25, 0.3) is 0 Å². The SMILES string of the molecule is CCOC(=O)CCCNCCc1cccnc1. The fourth-order valence-electron chi connectivity index (χ4n) is 1.49. The predicted octanol–water partition coefficient (Wildman–Crippen LogP) is 1.56. The van der Waals surface area contributed by atoms with E-state index in [1.54, 1.807) is 6.20 Å². The molecule has 0 spiro atoms. The predicted molar refractivity (Wildman–Crippen MR) is 66.7 cm³/mol. The van der Waals surface area contributed by atoms with E-state index in [4.69, 9.17) is 4.74 Å². The molecule has 0 atom stereocenters. The zero-order chi connectivity index (χ0) is 12.3. The molecule has 1 rings (SSSR count). The van der Waals surface area contributed by atoms with E-state index < -0.39 is 0 Å². The van der Waals surface area contributed by atoms with Crippen molar-refractivity contribution in [3.8, 4) is 0 Å². The molecule has 1 aromatic heterocycles. The molecule has 0 aliphatic carbocycles. The highest BCUT2D eigenvalue weighted by Crippen LogP contribution is 1.96. The van der Waals surface area contributed by atoms with E-state index in [9.17, 15) is 4.79 Å². The van der Waals surface area contributed by atoms with Gasteiger partial charge in [-0.25, -0.2) is 0 Å². The van der Waals surface area contributed by atoms with E-state index in [2.05, 4.69) is 16.4 Å². The van der Waals surface area contributed by atoms with Gasteiger partial charge in [-0.2, -0.15) is 0 Å². The van der Waals surface area contributed by atoms with E-state index >= 15 is 0 Å². The zero-order valence-corrected chi connectivity index (χ0v) is 10.3. The third-order valence-electron chi connectivity index (χ3n) is 2.35. The lowest BCUT2D eigenvalue weighted by atomic mass is 10.2. The summed E-state index contributed by atoms with van der Waals surface area (Å²) in [6, 6.07) is 4.00. The quantitative estimate of drug-likeness (QED) is 0.549. The molecule has 1 heterocycles. The highest BCUT2D eigenvalue weighted by Gasteiger charge is 2.00. The fraction of sp³-hybridized carbons (Fsp3) is 0.538. The Morgan fingerprint density at radius 1 is 1.47 bits per heavy atom. The van der Waals surface area contributed by atoms with E-state index in [0.29, 0.717) is 13.0 Å². The van der Waals surface area contributed by atoms with Gasteiger partial charge in [-0.1, -0.05) is 6.07 Å². The van der Waals surface area contributed by atoms with Gasteiger partial charge in [-0.05, 0) is 44.5 Å². The van der Waals surface area contributed by atoms with Crippen LogP contribution in [0.5, 0.6) is 0 Å². The number of esters is 1. The number of ether oxygens (including phenoxy) is 1. The van der Waals surface area contributed by atoms with Crippen molar-refractivity contribution in [3.63, 3.8) is 0 Å². The van der Waals surface area contributed by atoms with Crippen LogP contribution in [0, 0.1) is 0 Å². The van der Waals surface area contributed by atoms with Crippen LogP contribution >= 0.6 is 0 Å². The minimum atomic E-state index is -0.110. The maximum absolute atomic E-state index is 11.0. The number of pyridine rings is 1. The molecule has 0 saturated carbocycles. The van der Waals surface area contributed by atoms with Crippen molar-refractivity contribution in [2.75, 3.05) is 19.7 Å². The van der Waals surface area contributed by atoms with Crippen LogP contribution in [-0.4, -0.2) is 30.6 Å². The second-order valence-electron chi connectivity index (χ2n) is 3.77. The maximum Gasteiger partial charge on any atom is 0.305 e. The third kappa shape index (κ3) is 6.68. The minimum absolute atomic E-state index is 0.110. The van der Waals surface area contributed by atoms with Gasteiger partial charge in [0.1, 0.15) is 0 Å². The molecule has 94 valence electrons. The Labute approximate surface area is 102 Å². The van der Waals surface area contributed by atoms with Crippen molar-refractivity contribution < 1.29 is 9.53 Å². The summed E-state index contributed by atoms with van der Waals surface area (Å²) < 4.78 is 4.84. The molecule has 0 unspecified atom stereocenters. The first-order valence-electron chi connectivity index (χ1n) is 6.08. The number of hydrogen-bond donors (Lipinski definition) is 1. The highest BCUT2D eigenvalue weighted by atomic mass is 16.5. The van der Waals surface area contributed by atoms with Crippen molar-refractivity contribution in [2.24, 2.45) is 0 Å². The van der Waals surface area contributed by atoms with Gasteiger partial charge in [0.2, 0.25) is 0 Å². The summed E-state index contributed by atoms with van der Waals surface area (Å²) in [7, 11) is 0. The summed E-state index contributed by atoms with van der Waals surface area (Å²) in [5.74, 6) is -0.110. The average molecular weight is 236 g/mol. The second-order valence-corrected chi connectivity index (χ2v) is 3.77. The molecule has 0 fully saturated rings. The Bertz CT molecular complexity index is 314. The van der Waals surface area contributed by atoms with Crippen LogP contribution < -0.4 is 5.32 Å². The van der Waals surface area contributed by atoms with Crippen molar-refractivity contribution in [3.05, 3.63) is 30.1 Å². The zero-order valence-electron chi connectivity index (χ0n) is 10.3. The molecule has 0 aliphatic rings. The van der Waals surface area contributed by atoms with Crippen molar-refractivity contribution in [1.29, 1.82) is 0 Å². The first-order chi connectivity index (χ1) is 8.33. The summed E-state index contributed by atoms with van der Waals surface area (Å²) in [6.07, 6.45) is 5.93. The second kappa shape index (κ2) is 8.70. The highest BCUT2D eigenvalue weighted by molar-refractivity contribution is 5.69. The van der Waals surface area contributed by atoms with Crippen LogP contribution in [0.4, 0.5) is 0 Å². The van der Waals surface area contributed by atoms with Gasteiger partial charge >= 0.3 is 5.97 Å². The molecule has 0 aliphatic heterocycles. The summed E-state index contributed by atoms with van der Waals surface area (Å²) in [4.78, 5) is 15.1. The Morgan fingerprint density at radius 3 is 3.06 bits per heavy atom. The smallest absolute Gasteiger partial charge is 0.305 e.